The summed E-state index contributed by atoms with van der Waals surface area (Å²) in [5.74, 6) is -1.84. The molecule has 0 bridgehead atoms. The van der Waals surface area contributed by atoms with Gasteiger partial charge in [0.2, 0.25) is 0 Å². The van der Waals surface area contributed by atoms with Crippen LogP contribution in [0.4, 0.5) is 0 Å². The van der Waals surface area contributed by atoms with E-state index in [4.69, 9.17) is 9.15 Å². The summed E-state index contributed by atoms with van der Waals surface area (Å²) in [7, 11) is 1.56. The van der Waals surface area contributed by atoms with E-state index in [1.807, 2.05) is 38.1 Å². The molecule has 0 aliphatic heterocycles. The van der Waals surface area contributed by atoms with Crippen LogP contribution in [-0.4, -0.2) is 34.2 Å². The van der Waals surface area contributed by atoms with Gasteiger partial charge in [-0.25, -0.2) is 0 Å². The SMILES string of the molecule is COc1ccc(/C=C/C(=O)C[C@@H](Cc2ccc(O)c(O)c2)C(=O)O)c2cc(-c3ccc(C)c(C)c3)oc12. The third-order valence-corrected chi connectivity index (χ3v) is 6.46. The van der Waals surface area contributed by atoms with E-state index in [0.717, 1.165) is 22.1 Å². The highest BCUT2D eigenvalue weighted by molar-refractivity contribution is 6.00. The second-order valence-electron chi connectivity index (χ2n) is 9.08. The highest BCUT2D eigenvalue weighted by Gasteiger charge is 2.21. The molecule has 3 N–H and O–H groups in total. The maximum absolute atomic E-state index is 12.7. The summed E-state index contributed by atoms with van der Waals surface area (Å²) in [6, 6.07) is 15.7. The zero-order valence-corrected chi connectivity index (χ0v) is 20.8. The molecule has 0 aliphatic carbocycles. The minimum absolute atomic E-state index is 0.0383. The molecule has 7 nitrogen and oxygen atoms in total. The van der Waals surface area contributed by atoms with Gasteiger partial charge in [-0.2, -0.15) is 0 Å². The molecular formula is C30H28O7. The van der Waals surface area contributed by atoms with Crippen LogP contribution in [0.15, 0.2) is 65.1 Å². The maximum Gasteiger partial charge on any atom is 0.307 e. The van der Waals surface area contributed by atoms with Crippen molar-refractivity contribution in [3.05, 3.63) is 82.9 Å². The van der Waals surface area contributed by atoms with Crippen molar-refractivity contribution >= 4 is 28.8 Å². The summed E-state index contributed by atoms with van der Waals surface area (Å²) in [4.78, 5) is 24.5. The van der Waals surface area contributed by atoms with Gasteiger partial charge in [-0.1, -0.05) is 30.3 Å². The molecule has 0 aliphatic rings. The number of carboxylic acids is 1. The zero-order valence-electron chi connectivity index (χ0n) is 20.8. The molecule has 37 heavy (non-hydrogen) atoms. The fourth-order valence-electron chi connectivity index (χ4n) is 4.18. The van der Waals surface area contributed by atoms with Crippen molar-refractivity contribution in [1.29, 1.82) is 0 Å². The number of carbonyl (C=O) groups is 2. The number of benzene rings is 3. The topological polar surface area (TPSA) is 117 Å². The third-order valence-electron chi connectivity index (χ3n) is 6.46. The number of furan rings is 1. The van der Waals surface area contributed by atoms with Crippen LogP contribution in [0.25, 0.3) is 28.4 Å². The summed E-state index contributed by atoms with van der Waals surface area (Å²) >= 11 is 0. The molecule has 1 aromatic heterocycles. The summed E-state index contributed by atoms with van der Waals surface area (Å²) in [6.07, 6.45) is 2.84. The number of ketones is 1. The molecule has 190 valence electrons. The Kier molecular flexibility index (Phi) is 7.34. The number of aryl methyl sites for hydroxylation is 2. The normalized spacial score (nSPS) is 12.2. The first kappa shape index (κ1) is 25.6. The van der Waals surface area contributed by atoms with Crippen LogP contribution >= 0.6 is 0 Å². The first-order valence-corrected chi connectivity index (χ1v) is 11.8. The van der Waals surface area contributed by atoms with Crippen LogP contribution in [0.5, 0.6) is 17.2 Å². The van der Waals surface area contributed by atoms with Crippen molar-refractivity contribution in [3.8, 4) is 28.6 Å². The van der Waals surface area contributed by atoms with Crippen LogP contribution in [0, 0.1) is 19.8 Å². The molecule has 0 saturated heterocycles. The number of hydrogen-bond acceptors (Lipinski definition) is 6. The highest BCUT2D eigenvalue weighted by Crippen LogP contribution is 2.36. The van der Waals surface area contributed by atoms with Crippen LogP contribution < -0.4 is 4.74 Å². The molecule has 7 heteroatoms. The van der Waals surface area contributed by atoms with E-state index >= 15 is 0 Å². The largest absolute Gasteiger partial charge is 0.504 e. The molecule has 3 aromatic carbocycles. The second kappa shape index (κ2) is 10.6. The van der Waals surface area contributed by atoms with Gasteiger partial charge in [0.15, 0.2) is 28.6 Å². The summed E-state index contributed by atoms with van der Waals surface area (Å²) < 4.78 is 11.6. The Bertz CT molecular complexity index is 1510. The number of carbonyl (C=O) groups excluding carboxylic acids is 1. The lowest BCUT2D eigenvalue weighted by molar-refractivity contribution is -0.143. The Balaban J connectivity index is 1.58. The van der Waals surface area contributed by atoms with Gasteiger partial charge in [0.25, 0.3) is 0 Å². The number of allylic oxidation sites excluding steroid dienone is 1. The van der Waals surface area contributed by atoms with Crippen LogP contribution in [0.1, 0.15) is 28.7 Å². The average Bonchev–Trinajstić information content (AvgIpc) is 3.32. The number of aliphatic carboxylic acids is 1. The smallest absolute Gasteiger partial charge is 0.307 e. The molecule has 0 saturated carbocycles. The molecule has 1 heterocycles. The number of ether oxygens (including phenoxy) is 1. The monoisotopic (exact) mass is 500 g/mol. The lowest BCUT2D eigenvalue weighted by Gasteiger charge is -2.11. The number of methoxy groups -OCH3 is 1. The molecule has 0 amide bonds. The van der Waals surface area contributed by atoms with Crippen molar-refractivity contribution in [3.63, 3.8) is 0 Å². The number of carboxylic acid groups (broad SMARTS) is 1. The fraction of sp³-hybridized carbons (Fsp3) is 0.200. The van der Waals surface area contributed by atoms with Gasteiger partial charge < -0.3 is 24.5 Å². The number of aromatic hydroxyl groups is 2. The Morgan fingerprint density at radius 2 is 1.76 bits per heavy atom. The van der Waals surface area contributed by atoms with E-state index in [0.29, 0.717) is 22.7 Å². The van der Waals surface area contributed by atoms with Gasteiger partial charge in [0.1, 0.15) is 5.76 Å². The van der Waals surface area contributed by atoms with Crippen molar-refractivity contribution in [2.75, 3.05) is 7.11 Å². The predicted octanol–water partition coefficient (Wildman–Crippen LogP) is 6.05. The highest BCUT2D eigenvalue weighted by atomic mass is 16.5. The van der Waals surface area contributed by atoms with E-state index in [9.17, 15) is 24.9 Å². The Morgan fingerprint density at radius 3 is 2.43 bits per heavy atom. The first-order valence-electron chi connectivity index (χ1n) is 11.8. The van der Waals surface area contributed by atoms with Crippen LogP contribution in [-0.2, 0) is 16.0 Å². The van der Waals surface area contributed by atoms with Gasteiger partial charge in [-0.05, 0) is 78.9 Å². The maximum atomic E-state index is 12.7. The standard InChI is InChI=1S/C30H28O7/c1-17-4-6-21(12-18(17)2)28-16-24-20(8-11-27(36-3)29(24)37-28)7-9-23(31)15-22(30(34)35)13-19-5-10-25(32)26(33)14-19/h4-12,14,16,22,32-33H,13,15H2,1-3H3,(H,34,35)/b9-7+/t22-/m1/s1. The van der Waals surface area contributed by atoms with Gasteiger partial charge in [-0.3, -0.25) is 9.59 Å². The molecule has 1 atom stereocenters. The predicted molar refractivity (Wildman–Crippen MR) is 141 cm³/mol. The molecular weight excluding hydrogens is 472 g/mol. The fourth-order valence-corrected chi connectivity index (χ4v) is 4.18. The molecule has 4 rings (SSSR count). The minimum atomic E-state index is -1.12. The number of rotatable bonds is 9. The Labute approximate surface area is 214 Å². The van der Waals surface area contributed by atoms with Crippen molar-refractivity contribution in [2.24, 2.45) is 5.92 Å². The molecule has 0 spiro atoms. The number of fused-ring (bicyclic) bond motifs is 1. The van der Waals surface area contributed by atoms with Crippen molar-refractivity contribution in [2.45, 2.75) is 26.7 Å². The van der Waals surface area contributed by atoms with Crippen molar-refractivity contribution < 1.29 is 34.1 Å². The van der Waals surface area contributed by atoms with Gasteiger partial charge in [0.05, 0.1) is 13.0 Å². The number of phenols is 2. The summed E-state index contributed by atoms with van der Waals surface area (Å²) in [5.41, 5.74) is 5.05. The quantitative estimate of drug-likeness (QED) is 0.189. The van der Waals surface area contributed by atoms with E-state index in [-0.39, 0.29) is 30.1 Å². The Morgan fingerprint density at radius 1 is 0.973 bits per heavy atom. The first-order chi connectivity index (χ1) is 17.7. The van der Waals surface area contributed by atoms with Gasteiger partial charge >= 0.3 is 5.97 Å². The molecule has 0 fully saturated rings. The number of hydrogen-bond donors (Lipinski definition) is 3. The lowest BCUT2D eigenvalue weighted by Crippen LogP contribution is -2.19. The Hall–Kier alpha value is -4.52. The average molecular weight is 501 g/mol. The van der Waals surface area contributed by atoms with E-state index in [1.54, 1.807) is 19.3 Å². The molecule has 4 aromatic rings. The number of phenolic OH excluding ortho intramolecular Hbond substituents is 2. The van der Waals surface area contributed by atoms with Gasteiger partial charge in [-0.15, -0.1) is 0 Å². The minimum Gasteiger partial charge on any atom is -0.504 e. The van der Waals surface area contributed by atoms with Gasteiger partial charge in [0, 0.05) is 17.4 Å². The second-order valence-corrected chi connectivity index (χ2v) is 9.08. The van der Waals surface area contributed by atoms with E-state index in [1.165, 1.54) is 29.8 Å². The lowest BCUT2D eigenvalue weighted by atomic mass is 9.93. The third kappa shape index (κ3) is 5.67. The van der Waals surface area contributed by atoms with E-state index in [2.05, 4.69) is 6.07 Å². The van der Waals surface area contributed by atoms with Crippen molar-refractivity contribution in [1.82, 2.24) is 0 Å². The van der Waals surface area contributed by atoms with Crippen LogP contribution in [0.2, 0.25) is 0 Å². The van der Waals surface area contributed by atoms with Crippen LogP contribution in [0.3, 0.4) is 0 Å². The molecule has 0 unspecified atom stereocenters. The summed E-state index contributed by atoms with van der Waals surface area (Å²) in [6.45, 7) is 4.08. The summed E-state index contributed by atoms with van der Waals surface area (Å²) in [5, 5.41) is 29.5. The van der Waals surface area contributed by atoms with E-state index < -0.39 is 11.9 Å². The zero-order chi connectivity index (χ0) is 26.7. The molecule has 0 radical (unpaired) electrons.